The molecule has 0 saturated carbocycles. The Balaban J connectivity index is 1.26. The van der Waals surface area contributed by atoms with E-state index in [4.69, 9.17) is 9.47 Å². The highest BCUT2D eigenvalue weighted by atomic mass is 19.3. The normalized spacial score (nSPS) is 23.7. The lowest BCUT2D eigenvalue weighted by atomic mass is 9.93. The molecule has 3 aliphatic heterocycles. The summed E-state index contributed by atoms with van der Waals surface area (Å²) >= 11 is 0. The molecule has 9 nitrogen and oxygen atoms in total. The van der Waals surface area contributed by atoms with E-state index in [0.29, 0.717) is 60.5 Å². The topological polar surface area (TPSA) is 88.3 Å². The lowest BCUT2D eigenvalue weighted by molar-refractivity contribution is -0.0794. The summed E-state index contributed by atoms with van der Waals surface area (Å²) in [5.74, 6) is -0.0279. The number of benzene rings is 1. The van der Waals surface area contributed by atoms with Crippen molar-refractivity contribution < 1.29 is 27.0 Å². The molecular weight excluding hydrogens is 530 g/mol. The molecule has 214 valence electrons. The van der Waals surface area contributed by atoms with Crippen molar-refractivity contribution in [1.29, 1.82) is 0 Å². The van der Waals surface area contributed by atoms with Gasteiger partial charge in [-0.25, -0.2) is 22.1 Å². The Kier molecular flexibility index (Phi) is 7.36. The summed E-state index contributed by atoms with van der Waals surface area (Å²) in [7, 11) is 1.48. The molecule has 0 bridgehead atoms. The number of piperidine rings is 1. The quantitative estimate of drug-likeness (QED) is 0.406. The molecule has 6 rings (SSSR count). The number of nitrogens with one attached hydrogen (secondary N) is 2. The molecule has 2 aromatic heterocycles. The van der Waals surface area contributed by atoms with Gasteiger partial charge in [0.2, 0.25) is 11.8 Å². The van der Waals surface area contributed by atoms with Gasteiger partial charge >= 0.3 is 0 Å². The fraction of sp³-hybridized carbons (Fsp3) is 0.519. The monoisotopic (exact) mass is 561 g/mol. The number of nitrogens with zero attached hydrogens (tertiary/aromatic N) is 5. The number of aliphatic imine (C=N–C) groups is 1. The Bertz CT molecular complexity index is 1430. The minimum Gasteiger partial charge on any atom is -0.479 e. The molecule has 5 heterocycles. The van der Waals surface area contributed by atoms with Gasteiger partial charge in [-0.15, -0.1) is 5.10 Å². The first-order chi connectivity index (χ1) is 19.3. The van der Waals surface area contributed by atoms with Gasteiger partial charge in [0.15, 0.2) is 0 Å². The number of halogens is 4. The number of fused-ring (bicyclic) bond motifs is 2. The highest BCUT2D eigenvalue weighted by Gasteiger charge is 2.36. The highest BCUT2D eigenvalue weighted by Crippen LogP contribution is 2.37. The van der Waals surface area contributed by atoms with Gasteiger partial charge in [0.05, 0.1) is 39.0 Å². The SMILES string of the molecule is COc1nc(N[C@@H]2CCN(C3COC3)C[C@H]2F)nn2ccc(-c3cc(F)c4c(c3)CC(NCC(F)F)C(C)=N4)c12. The largest absolute Gasteiger partial charge is 0.479 e. The molecule has 1 aromatic carbocycles. The van der Waals surface area contributed by atoms with Gasteiger partial charge in [-0.1, -0.05) is 0 Å². The Hall–Kier alpha value is -3.29. The first kappa shape index (κ1) is 26.9. The molecule has 0 aliphatic carbocycles. The Morgan fingerprint density at radius 1 is 1.25 bits per heavy atom. The number of rotatable bonds is 8. The average Bonchev–Trinajstić information content (AvgIpc) is 3.32. The molecule has 3 atom stereocenters. The maximum absolute atomic E-state index is 15.2. The van der Waals surface area contributed by atoms with E-state index in [2.05, 4.69) is 30.6 Å². The van der Waals surface area contributed by atoms with E-state index in [1.54, 1.807) is 29.8 Å². The van der Waals surface area contributed by atoms with Gasteiger partial charge in [-0.3, -0.25) is 9.89 Å². The van der Waals surface area contributed by atoms with Crippen molar-refractivity contribution in [2.45, 2.75) is 50.5 Å². The van der Waals surface area contributed by atoms with Crippen LogP contribution in [0.3, 0.4) is 0 Å². The van der Waals surface area contributed by atoms with Crippen LogP contribution in [0.2, 0.25) is 0 Å². The van der Waals surface area contributed by atoms with Crippen molar-refractivity contribution in [1.82, 2.24) is 24.8 Å². The molecule has 3 aliphatic rings. The van der Waals surface area contributed by atoms with Crippen LogP contribution < -0.4 is 15.4 Å². The van der Waals surface area contributed by atoms with E-state index < -0.39 is 37.0 Å². The lowest BCUT2D eigenvalue weighted by Crippen LogP contribution is -2.57. The fourth-order valence-corrected chi connectivity index (χ4v) is 5.62. The first-order valence-corrected chi connectivity index (χ1v) is 13.4. The predicted molar refractivity (Wildman–Crippen MR) is 142 cm³/mol. The Morgan fingerprint density at radius 3 is 2.77 bits per heavy atom. The van der Waals surface area contributed by atoms with Crippen molar-refractivity contribution in [2.75, 3.05) is 45.3 Å². The molecule has 2 fully saturated rings. The predicted octanol–water partition coefficient (Wildman–Crippen LogP) is 3.64. The summed E-state index contributed by atoms with van der Waals surface area (Å²) in [4.78, 5) is 11.0. The number of alkyl halides is 3. The zero-order chi connectivity index (χ0) is 28.0. The average molecular weight is 562 g/mol. The van der Waals surface area contributed by atoms with Crippen LogP contribution in [-0.4, -0.2) is 95.9 Å². The maximum Gasteiger partial charge on any atom is 0.250 e. The summed E-state index contributed by atoms with van der Waals surface area (Å²) in [5, 5.41) is 10.5. The number of anilines is 1. The van der Waals surface area contributed by atoms with Crippen molar-refractivity contribution in [2.24, 2.45) is 4.99 Å². The molecule has 2 N–H and O–H groups in total. The number of ether oxygens (including phenoxy) is 2. The maximum atomic E-state index is 15.2. The van der Waals surface area contributed by atoms with E-state index >= 15 is 8.78 Å². The molecule has 0 radical (unpaired) electrons. The zero-order valence-corrected chi connectivity index (χ0v) is 22.2. The van der Waals surface area contributed by atoms with E-state index in [1.165, 1.54) is 13.2 Å². The van der Waals surface area contributed by atoms with E-state index in [0.717, 1.165) is 6.54 Å². The molecule has 40 heavy (non-hydrogen) atoms. The smallest absolute Gasteiger partial charge is 0.250 e. The highest BCUT2D eigenvalue weighted by molar-refractivity contribution is 5.93. The van der Waals surface area contributed by atoms with Crippen LogP contribution in [0.15, 0.2) is 29.4 Å². The van der Waals surface area contributed by atoms with Crippen LogP contribution in [-0.2, 0) is 11.2 Å². The molecule has 13 heteroatoms. The van der Waals surface area contributed by atoms with Gasteiger partial charge in [-0.05, 0) is 49.1 Å². The second-order valence-corrected chi connectivity index (χ2v) is 10.5. The number of hydrogen-bond acceptors (Lipinski definition) is 8. The third-order valence-corrected chi connectivity index (χ3v) is 7.89. The Labute approximate surface area is 228 Å². The van der Waals surface area contributed by atoms with Gasteiger partial charge in [-0.2, -0.15) is 4.98 Å². The molecule has 1 unspecified atom stereocenters. The van der Waals surface area contributed by atoms with E-state index in [-0.39, 0.29) is 23.6 Å². The molecular formula is C27H31F4N7O2. The van der Waals surface area contributed by atoms with Gasteiger partial charge in [0.1, 0.15) is 23.2 Å². The van der Waals surface area contributed by atoms with Crippen LogP contribution in [0, 0.1) is 5.82 Å². The van der Waals surface area contributed by atoms with Crippen molar-refractivity contribution in [3.63, 3.8) is 0 Å². The summed E-state index contributed by atoms with van der Waals surface area (Å²) < 4.78 is 68.2. The standard InChI is InChI=1S/C27H31F4N7O2/c1-14-22(32-10-23(30)31)9-16-7-15(8-19(28)24(16)33-14)18-3-6-38-25(18)26(39-2)35-27(36-38)34-21-4-5-37(11-20(21)29)17-12-40-13-17/h3,6-8,17,20-23,32H,4-5,9-13H2,1-2H3,(H,34,36)/t20-,21-,22?/m1/s1. The number of aromatic nitrogens is 3. The van der Waals surface area contributed by atoms with E-state index in [9.17, 15) is 8.78 Å². The zero-order valence-electron chi connectivity index (χ0n) is 22.2. The van der Waals surface area contributed by atoms with Crippen molar-refractivity contribution in [3.8, 4) is 17.0 Å². The first-order valence-electron chi connectivity index (χ1n) is 13.4. The van der Waals surface area contributed by atoms with Crippen molar-refractivity contribution in [3.05, 3.63) is 35.8 Å². The lowest BCUT2D eigenvalue weighted by Gasteiger charge is -2.42. The van der Waals surface area contributed by atoms with Crippen LogP contribution in [0.25, 0.3) is 16.6 Å². The van der Waals surface area contributed by atoms with Crippen LogP contribution in [0.5, 0.6) is 5.88 Å². The second-order valence-electron chi connectivity index (χ2n) is 10.5. The molecule has 0 amide bonds. The van der Waals surface area contributed by atoms with Crippen molar-refractivity contribution >= 4 is 22.9 Å². The Morgan fingerprint density at radius 2 is 2.08 bits per heavy atom. The number of methoxy groups -OCH3 is 1. The summed E-state index contributed by atoms with van der Waals surface area (Å²) in [6, 6.07) is 4.40. The molecule has 3 aromatic rings. The second kappa shape index (κ2) is 10.9. The van der Waals surface area contributed by atoms with Crippen LogP contribution >= 0.6 is 0 Å². The summed E-state index contributed by atoms with van der Waals surface area (Å²) in [6.45, 7) is 3.61. The number of likely N-dealkylation sites (tertiary alicyclic amines) is 1. The van der Waals surface area contributed by atoms with E-state index in [1.807, 2.05) is 0 Å². The molecule has 2 saturated heterocycles. The van der Waals surface area contributed by atoms with Crippen LogP contribution in [0.4, 0.5) is 29.2 Å². The third kappa shape index (κ3) is 5.13. The third-order valence-electron chi connectivity index (χ3n) is 7.89. The molecule has 0 spiro atoms. The fourth-order valence-electron chi connectivity index (χ4n) is 5.62. The minimum atomic E-state index is -2.50. The summed E-state index contributed by atoms with van der Waals surface area (Å²) in [5.41, 5.74) is 3.09. The summed E-state index contributed by atoms with van der Waals surface area (Å²) in [6.07, 6.45) is -0.959. The minimum absolute atomic E-state index is 0.214. The van der Waals surface area contributed by atoms with Gasteiger partial charge < -0.3 is 20.1 Å². The van der Waals surface area contributed by atoms with Gasteiger partial charge in [0, 0.05) is 36.6 Å². The van der Waals surface area contributed by atoms with Crippen LogP contribution in [0.1, 0.15) is 18.9 Å². The van der Waals surface area contributed by atoms with Gasteiger partial charge in [0.25, 0.3) is 6.43 Å². The number of hydrogen-bond donors (Lipinski definition) is 2.